The Kier molecular flexibility index (Phi) is 73.6. The predicted molar refractivity (Wildman–Crippen MR) is 426 cm³/mol. The maximum Gasteiger partial charge on any atom is 0.472 e. The Morgan fingerprint density at radius 2 is 0.485 bits per heavy atom. The van der Waals surface area contributed by atoms with Gasteiger partial charge in [-0.15, -0.1) is 0 Å². The van der Waals surface area contributed by atoms with Crippen LogP contribution in [0.1, 0.15) is 316 Å². The van der Waals surface area contributed by atoms with Crippen molar-refractivity contribution in [2.24, 2.45) is 0 Å². The molecule has 0 bridgehead atoms. The SMILES string of the molecule is CCCCC/C=C\C/C=C\C/C=C\C/C=C\CCCCCCCCCC(=O)OCC(O)COP(=O)(O)OCC(O)COP(=O)(O)OCC(COC(=O)CCCCCCCCC/C=C\C/C=C\C/C=C\C/C=C\CCCCC)OC(=O)CCCCCCC/C=C\C/C=C\C/C=C\C/C=C\CCCCC. The zero-order valence-electron chi connectivity index (χ0n) is 64.4. The summed E-state index contributed by atoms with van der Waals surface area (Å²) in [7, 11) is -9.82. The largest absolute Gasteiger partial charge is 0.472 e. The van der Waals surface area contributed by atoms with E-state index in [2.05, 4.69) is 167 Å². The van der Waals surface area contributed by atoms with Crippen molar-refractivity contribution in [3.63, 3.8) is 0 Å². The Balaban J connectivity index is 4.75. The van der Waals surface area contributed by atoms with E-state index in [9.17, 15) is 43.5 Å². The molecule has 0 aromatic rings. The van der Waals surface area contributed by atoms with E-state index in [1.54, 1.807) is 0 Å². The average Bonchev–Trinajstić information content (AvgIpc) is 0.922. The van der Waals surface area contributed by atoms with E-state index in [1.807, 2.05) is 0 Å². The summed E-state index contributed by atoms with van der Waals surface area (Å²) in [6.07, 6.45) is 94.4. The second kappa shape index (κ2) is 77.1. The summed E-state index contributed by atoms with van der Waals surface area (Å²) in [5, 5.41) is 20.6. The highest BCUT2D eigenvalue weighted by Crippen LogP contribution is 2.45. The van der Waals surface area contributed by atoms with Crippen molar-refractivity contribution < 1.29 is 75.8 Å². The van der Waals surface area contributed by atoms with Crippen molar-refractivity contribution in [2.75, 3.05) is 39.6 Å². The molecule has 0 radical (unpaired) electrons. The number of aliphatic hydroxyl groups is 2. The van der Waals surface area contributed by atoms with Gasteiger partial charge < -0.3 is 34.2 Å². The summed E-state index contributed by atoms with van der Waals surface area (Å²) in [4.78, 5) is 58.7. The number of rotatable bonds is 75. The van der Waals surface area contributed by atoms with E-state index in [-0.39, 0.29) is 19.3 Å². The van der Waals surface area contributed by atoms with Crippen LogP contribution < -0.4 is 0 Å². The molecular formula is C85H144O16P2. The number of allylic oxidation sites excluding steroid dienone is 24. The van der Waals surface area contributed by atoms with Crippen LogP contribution in [0, 0.1) is 0 Å². The van der Waals surface area contributed by atoms with Gasteiger partial charge in [-0.2, -0.15) is 0 Å². The molecule has 0 aliphatic carbocycles. The molecule has 0 saturated carbocycles. The monoisotopic (exact) mass is 1480 g/mol. The third-order valence-electron chi connectivity index (χ3n) is 16.5. The quantitative estimate of drug-likeness (QED) is 0.0146. The molecular weight excluding hydrogens is 1340 g/mol. The summed E-state index contributed by atoms with van der Waals surface area (Å²) >= 11 is 0. The Labute approximate surface area is 626 Å². The van der Waals surface area contributed by atoms with Gasteiger partial charge in [0.25, 0.3) is 0 Å². The number of phosphoric ester groups is 2. The first kappa shape index (κ1) is 98.4. The fraction of sp³-hybridized carbons (Fsp3) is 0.682. The second-order valence-electron chi connectivity index (χ2n) is 26.5. The average molecular weight is 1480 g/mol. The van der Waals surface area contributed by atoms with Gasteiger partial charge in [-0.05, 0) is 154 Å². The van der Waals surface area contributed by atoms with Crippen molar-refractivity contribution in [3.05, 3.63) is 146 Å². The van der Waals surface area contributed by atoms with Gasteiger partial charge in [0.2, 0.25) is 0 Å². The third kappa shape index (κ3) is 78.3. The number of ether oxygens (including phenoxy) is 3. The summed E-state index contributed by atoms with van der Waals surface area (Å²) in [6, 6.07) is 0. The molecule has 18 heteroatoms. The molecule has 5 unspecified atom stereocenters. The standard InChI is InChI=1S/C85H144O16P2/c1-4-7-10-13-16-19-22-25-28-31-34-37-39-42-44-47-50-53-56-59-62-65-68-71-83(88)95-74-80(86)75-97-102(91,92)98-76-81(87)77-99-103(93,94)100-79-82(101-85(90)73-70-67-64-61-58-55-52-49-46-41-36-33-30-27-24-21-18-15-12-9-6-3)78-96-84(89)72-69-66-63-60-57-54-51-48-45-43-40-38-35-32-29-26-23-20-17-14-11-8-5-2/h16-21,25-30,34-38,41-45,49,52,80-82,86-87H,4-15,22-24,31-33,39-40,46-48,50-51,53-79H2,1-3H3,(H,91,92)(H,93,94)/b19-16-,20-17-,21-18-,28-25-,29-26-,30-27-,37-34-,38-35-,41-36-,44-42-,45-43-,52-49-. The van der Waals surface area contributed by atoms with Gasteiger partial charge in [-0.1, -0.05) is 289 Å². The number of hydrogen-bond donors (Lipinski definition) is 4. The van der Waals surface area contributed by atoms with Gasteiger partial charge in [0.15, 0.2) is 6.10 Å². The zero-order chi connectivity index (χ0) is 75.2. The van der Waals surface area contributed by atoms with E-state index in [4.69, 9.17) is 32.3 Å². The molecule has 5 atom stereocenters. The van der Waals surface area contributed by atoms with Crippen molar-refractivity contribution in [2.45, 2.75) is 334 Å². The fourth-order valence-electron chi connectivity index (χ4n) is 10.3. The molecule has 0 aliphatic heterocycles. The Bertz CT molecular complexity index is 2450. The normalized spacial score (nSPS) is 14.7. The summed E-state index contributed by atoms with van der Waals surface area (Å²) in [6.45, 7) is 2.56. The first-order valence-electron chi connectivity index (χ1n) is 40.1. The van der Waals surface area contributed by atoms with E-state index >= 15 is 0 Å². The smallest absolute Gasteiger partial charge is 0.463 e. The summed E-state index contributed by atoms with van der Waals surface area (Å²) in [5.41, 5.74) is 0. The van der Waals surface area contributed by atoms with Crippen LogP contribution >= 0.6 is 15.6 Å². The molecule has 0 spiro atoms. The molecule has 0 aliphatic rings. The van der Waals surface area contributed by atoms with E-state index in [0.717, 1.165) is 186 Å². The number of phosphoric acid groups is 2. The predicted octanol–water partition coefficient (Wildman–Crippen LogP) is 23.7. The molecule has 0 fully saturated rings. The third-order valence-corrected chi connectivity index (χ3v) is 18.4. The number of carbonyl (C=O) groups excluding carboxylic acids is 3. The molecule has 0 aromatic carbocycles. The van der Waals surface area contributed by atoms with Gasteiger partial charge in [-0.25, -0.2) is 9.13 Å². The number of aliphatic hydroxyl groups excluding tert-OH is 2. The minimum Gasteiger partial charge on any atom is -0.463 e. The highest BCUT2D eigenvalue weighted by molar-refractivity contribution is 7.47. The molecule has 0 saturated heterocycles. The van der Waals surface area contributed by atoms with Gasteiger partial charge in [-0.3, -0.25) is 32.5 Å². The molecule has 103 heavy (non-hydrogen) atoms. The molecule has 0 rings (SSSR count). The minimum absolute atomic E-state index is 0.0760. The van der Waals surface area contributed by atoms with Crippen LogP contribution in [0.15, 0.2) is 146 Å². The minimum atomic E-state index is -4.95. The lowest BCUT2D eigenvalue weighted by molar-refractivity contribution is -0.161. The van der Waals surface area contributed by atoms with Crippen molar-refractivity contribution in [1.82, 2.24) is 0 Å². The van der Waals surface area contributed by atoms with Crippen LogP contribution in [0.3, 0.4) is 0 Å². The summed E-state index contributed by atoms with van der Waals surface area (Å²) < 4.78 is 61.2. The lowest BCUT2D eigenvalue weighted by atomic mass is 10.1. The number of carbonyl (C=O) groups is 3. The molecule has 0 aromatic heterocycles. The Morgan fingerprint density at radius 1 is 0.272 bits per heavy atom. The lowest BCUT2D eigenvalue weighted by Crippen LogP contribution is -2.30. The summed E-state index contributed by atoms with van der Waals surface area (Å²) in [5.74, 6) is -1.62. The Hall–Kier alpha value is -4.57. The lowest BCUT2D eigenvalue weighted by Gasteiger charge is -2.21. The second-order valence-corrected chi connectivity index (χ2v) is 29.4. The number of unbranched alkanes of at least 4 members (excludes halogenated alkanes) is 28. The molecule has 0 amide bonds. The van der Waals surface area contributed by atoms with E-state index < -0.39 is 91.5 Å². The van der Waals surface area contributed by atoms with Crippen LogP contribution in [0.25, 0.3) is 0 Å². The van der Waals surface area contributed by atoms with E-state index in [1.165, 1.54) is 70.6 Å². The zero-order valence-corrected chi connectivity index (χ0v) is 66.2. The van der Waals surface area contributed by atoms with Crippen LogP contribution in [0.2, 0.25) is 0 Å². The number of hydrogen-bond acceptors (Lipinski definition) is 14. The Morgan fingerprint density at radius 3 is 0.767 bits per heavy atom. The van der Waals surface area contributed by atoms with Gasteiger partial charge in [0.1, 0.15) is 25.4 Å². The highest BCUT2D eigenvalue weighted by Gasteiger charge is 2.29. The molecule has 590 valence electrons. The van der Waals surface area contributed by atoms with Crippen LogP contribution in [-0.4, -0.2) is 95.9 Å². The maximum atomic E-state index is 13.0. The first-order chi connectivity index (χ1) is 50.2. The van der Waals surface area contributed by atoms with Gasteiger partial charge >= 0.3 is 33.6 Å². The first-order valence-corrected chi connectivity index (χ1v) is 43.1. The van der Waals surface area contributed by atoms with Gasteiger partial charge in [0, 0.05) is 19.3 Å². The molecule has 16 nitrogen and oxygen atoms in total. The van der Waals surface area contributed by atoms with E-state index in [0.29, 0.717) is 19.3 Å². The fourth-order valence-corrected chi connectivity index (χ4v) is 11.9. The van der Waals surface area contributed by atoms with Crippen LogP contribution in [-0.2, 0) is 55.8 Å². The molecule has 0 heterocycles. The topological polar surface area (TPSA) is 231 Å². The van der Waals surface area contributed by atoms with Crippen molar-refractivity contribution in [1.29, 1.82) is 0 Å². The van der Waals surface area contributed by atoms with Gasteiger partial charge in [0.05, 0.1) is 26.4 Å². The van der Waals surface area contributed by atoms with Crippen molar-refractivity contribution in [3.8, 4) is 0 Å². The van der Waals surface area contributed by atoms with Crippen molar-refractivity contribution >= 4 is 33.6 Å². The number of esters is 3. The van der Waals surface area contributed by atoms with Crippen LogP contribution in [0.5, 0.6) is 0 Å². The maximum absolute atomic E-state index is 13.0. The molecule has 4 N–H and O–H groups in total. The van der Waals surface area contributed by atoms with Crippen LogP contribution in [0.4, 0.5) is 0 Å². The highest BCUT2D eigenvalue weighted by atomic mass is 31.2.